The Hall–Kier alpha value is -1.99. The summed E-state index contributed by atoms with van der Waals surface area (Å²) in [5, 5.41) is 22.9. The predicted molar refractivity (Wildman–Crippen MR) is 84.9 cm³/mol. The van der Waals surface area contributed by atoms with E-state index in [1.165, 1.54) is 18.2 Å². The van der Waals surface area contributed by atoms with Crippen LogP contribution in [-0.4, -0.2) is 46.1 Å². The number of rotatable bonds is 7. The van der Waals surface area contributed by atoms with Crippen molar-refractivity contribution in [3.05, 3.63) is 33.9 Å². The predicted octanol–water partition coefficient (Wildman–Crippen LogP) is 1.93. The minimum absolute atomic E-state index is 0.00610. The van der Waals surface area contributed by atoms with Crippen LogP contribution < -0.4 is 5.32 Å². The maximum atomic E-state index is 12.1. The number of amides is 1. The van der Waals surface area contributed by atoms with Crippen molar-refractivity contribution in [1.82, 2.24) is 4.90 Å². The number of nitro groups is 1. The van der Waals surface area contributed by atoms with Crippen LogP contribution in [0.4, 0.5) is 11.4 Å². The Morgan fingerprint density at radius 1 is 1.41 bits per heavy atom. The second-order valence-electron chi connectivity index (χ2n) is 5.68. The molecule has 0 radical (unpaired) electrons. The van der Waals surface area contributed by atoms with Crippen LogP contribution in [0.25, 0.3) is 0 Å². The molecule has 1 unspecified atom stereocenters. The Balaban J connectivity index is 2.73. The van der Waals surface area contributed by atoms with Gasteiger partial charge in [-0.1, -0.05) is 0 Å². The van der Waals surface area contributed by atoms with E-state index in [9.17, 15) is 20.0 Å². The molecule has 1 atom stereocenters. The minimum atomic E-state index is -0.517. The third kappa shape index (κ3) is 5.42. The number of aryl methyl sites for hydroxylation is 1. The number of aliphatic hydroxyl groups excluding tert-OH is 1. The number of carbonyl (C=O) groups is 1. The van der Waals surface area contributed by atoms with Gasteiger partial charge in [0, 0.05) is 30.4 Å². The second kappa shape index (κ2) is 7.86. The number of benzene rings is 1. The minimum Gasteiger partial charge on any atom is -0.392 e. The van der Waals surface area contributed by atoms with Crippen molar-refractivity contribution in [1.29, 1.82) is 0 Å². The third-order valence-electron chi connectivity index (χ3n) is 3.27. The molecule has 0 saturated carbocycles. The molecule has 0 fully saturated rings. The maximum Gasteiger partial charge on any atom is 0.269 e. The fourth-order valence-electron chi connectivity index (χ4n) is 2.07. The zero-order chi connectivity index (χ0) is 16.9. The van der Waals surface area contributed by atoms with E-state index >= 15 is 0 Å². The molecule has 7 nitrogen and oxygen atoms in total. The van der Waals surface area contributed by atoms with Gasteiger partial charge in [0.15, 0.2) is 0 Å². The number of hydrogen-bond donors (Lipinski definition) is 2. The van der Waals surface area contributed by atoms with E-state index in [-0.39, 0.29) is 24.2 Å². The molecule has 0 saturated heterocycles. The lowest BCUT2D eigenvalue weighted by Gasteiger charge is -2.27. The number of nitrogens with one attached hydrogen (secondary N) is 1. The molecule has 0 bridgehead atoms. The van der Waals surface area contributed by atoms with E-state index in [1.54, 1.807) is 13.8 Å². The molecule has 22 heavy (non-hydrogen) atoms. The number of non-ortho nitro benzene ring substituents is 1. The standard InChI is InChI=1S/C15H23N3O4/c1-10(2)17(8-12(4)19)9-15(20)16-14-6-5-13(18(21)22)7-11(14)3/h5-7,10,12,19H,8-9H2,1-4H3,(H,16,20). The topological polar surface area (TPSA) is 95.7 Å². The molecule has 7 heteroatoms. The SMILES string of the molecule is Cc1cc([N+](=O)[O-])ccc1NC(=O)CN(CC(C)O)C(C)C. The quantitative estimate of drug-likeness (QED) is 0.592. The molecule has 0 spiro atoms. The van der Waals surface area contributed by atoms with Gasteiger partial charge in [-0.2, -0.15) is 0 Å². The number of hydrogen-bond acceptors (Lipinski definition) is 5. The summed E-state index contributed by atoms with van der Waals surface area (Å²) in [5.41, 5.74) is 1.18. The monoisotopic (exact) mass is 309 g/mol. The fraction of sp³-hybridized carbons (Fsp3) is 0.533. The van der Waals surface area contributed by atoms with Crippen molar-refractivity contribution in [3.63, 3.8) is 0 Å². The average molecular weight is 309 g/mol. The Kier molecular flexibility index (Phi) is 6.45. The van der Waals surface area contributed by atoms with Gasteiger partial charge in [0.05, 0.1) is 17.6 Å². The van der Waals surface area contributed by atoms with E-state index < -0.39 is 11.0 Å². The molecular weight excluding hydrogens is 286 g/mol. The first-order chi connectivity index (χ1) is 10.2. The molecule has 2 N–H and O–H groups in total. The summed E-state index contributed by atoms with van der Waals surface area (Å²) in [4.78, 5) is 24.2. The highest BCUT2D eigenvalue weighted by molar-refractivity contribution is 5.93. The van der Waals surface area contributed by atoms with Crippen LogP contribution in [0.15, 0.2) is 18.2 Å². The highest BCUT2D eigenvalue weighted by Crippen LogP contribution is 2.21. The van der Waals surface area contributed by atoms with Gasteiger partial charge in [-0.05, 0) is 39.3 Å². The fourth-order valence-corrected chi connectivity index (χ4v) is 2.07. The van der Waals surface area contributed by atoms with E-state index in [0.717, 1.165) is 0 Å². The highest BCUT2D eigenvalue weighted by atomic mass is 16.6. The summed E-state index contributed by atoms with van der Waals surface area (Å²) in [6.45, 7) is 7.84. The van der Waals surface area contributed by atoms with Gasteiger partial charge in [-0.3, -0.25) is 19.8 Å². The normalized spacial score (nSPS) is 12.5. The van der Waals surface area contributed by atoms with Crippen LogP contribution in [0.1, 0.15) is 26.3 Å². The van der Waals surface area contributed by atoms with Gasteiger partial charge >= 0.3 is 0 Å². The van der Waals surface area contributed by atoms with Crippen LogP contribution in [0.5, 0.6) is 0 Å². The van der Waals surface area contributed by atoms with Crippen molar-refractivity contribution in [2.45, 2.75) is 39.8 Å². The van der Waals surface area contributed by atoms with E-state index in [2.05, 4.69) is 5.32 Å². The first-order valence-corrected chi connectivity index (χ1v) is 7.17. The van der Waals surface area contributed by atoms with Crippen molar-refractivity contribution < 1.29 is 14.8 Å². The van der Waals surface area contributed by atoms with Gasteiger partial charge in [-0.25, -0.2) is 0 Å². The molecule has 0 heterocycles. The molecule has 1 amide bonds. The smallest absolute Gasteiger partial charge is 0.269 e. The zero-order valence-electron chi connectivity index (χ0n) is 13.4. The van der Waals surface area contributed by atoms with Gasteiger partial charge in [0.1, 0.15) is 0 Å². The van der Waals surface area contributed by atoms with E-state index in [4.69, 9.17) is 0 Å². The highest BCUT2D eigenvalue weighted by Gasteiger charge is 2.17. The molecule has 1 aromatic rings. The van der Waals surface area contributed by atoms with Gasteiger partial charge in [0.2, 0.25) is 5.91 Å². The van der Waals surface area contributed by atoms with Crippen molar-refractivity contribution in [2.75, 3.05) is 18.4 Å². The number of carbonyl (C=O) groups excluding carboxylic acids is 1. The number of nitrogens with zero attached hydrogens (tertiary/aromatic N) is 2. The second-order valence-corrected chi connectivity index (χ2v) is 5.68. The zero-order valence-corrected chi connectivity index (χ0v) is 13.4. The summed E-state index contributed by atoms with van der Waals surface area (Å²) < 4.78 is 0. The van der Waals surface area contributed by atoms with Crippen molar-refractivity contribution >= 4 is 17.3 Å². The Morgan fingerprint density at radius 3 is 2.50 bits per heavy atom. The molecular formula is C15H23N3O4. The summed E-state index contributed by atoms with van der Waals surface area (Å²) in [6.07, 6.45) is -0.517. The first kappa shape index (κ1) is 18.1. The van der Waals surface area contributed by atoms with Crippen LogP contribution >= 0.6 is 0 Å². The van der Waals surface area contributed by atoms with Crippen molar-refractivity contribution in [3.8, 4) is 0 Å². The Morgan fingerprint density at radius 2 is 2.05 bits per heavy atom. The van der Waals surface area contributed by atoms with Gasteiger partial charge in [-0.15, -0.1) is 0 Å². The van der Waals surface area contributed by atoms with Gasteiger partial charge in [0.25, 0.3) is 5.69 Å². The third-order valence-corrected chi connectivity index (χ3v) is 3.27. The molecule has 1 aromatic carbocycles. The molecule has 0 aliphatic heterocycles. The lowest BCUT2D eigenvalue weighted by atomic mass is 10.1. The van der Waals surface area contributed by atoms with Crippen LogP contribution in [0.3, 0.4) is 0 Å². The van der Waals surface area contributed by atoms with Crippen LogP contribution in [-0.2, 0) is 4.79 Å². The Bertz CT molecular complexity index is 544. The van der Waals surface area contributed by atoms with Gasteiger partial charge < -0.3 is 10.4 Å². The summed E-state index contributed by atoms with van der Waals surface area (Å²) in [6, 6.07) is 4.43. The lowest BCUT2D eigenvalue weighted by molar-refractivity contribution is -0.384. The number of anilines is 1. The molecule has 0 aliphatic carbocycles. The van der Waals surface area contributed by atoms with Crippen LogP contribution in [0, 0.1) is 17.0 Å². The van der Waals surface area contributed by atoms with E-state index in [0.29, 0.717) is 17.8 Å². The number of aliphatic hydroxyl groups is 1. The molecule has 122 valence electrons. The number of nitro benzene ring substituents is 1. The Labute approximate surface area is 130 Å². The van der Waals surface area contributed by atoms with E-state index in [1.807, 2.05) is 18.7 Å². The average Bonchev–Trinajstić information content (AvgIpc) is 2.39. The summed E-state index contributed by atoms with van der Waals surface area (Å²) in [5.74, 6) is -0.216. The largest absolute Gasteiger partial charge is 0.392 e. The lowest BCUT2D eigenvalue weighted by Crippen LogP contribution is -2.41. The van der Waals surface area contributed by atoms with Crippen LogP contribution in [0.2, 0.25) is 0 Å². The molecule has 0 aliphatic rings. The first-order valence-electron chi connectivity index (χ1n) is 7.17. The summed E-state index contributed by atoms with van der Waals surface area (Å²) in [7, 11) is 0. The molecule has 1 rings (SSSR count). The summed E-state index contributed by atoms with van der Waals surface area (Å²) >= 11 is 0. The molecule has 0 aromatic heterocycles. The van der Waals surface area contributed by atoms with Crippen molar-refractivity contribution in [2.24, 2.45) is 0 Å². The maximum absolute atomic E-state index is 12.1.